The molecule has 1 heterocycles. The third-order valence-electron chi connectivity index (χ3n) is 3.08. The van der Waals surface area contributed by atoms with Gasteiger partial charge in [-0.3, -0.25) is 0 Å². The number of carboxylic acid groups (broad SMARTS) is 1. The van der Waals surface area contributed by atoms with Gasteiger partial charge >= 0.3 is 12.0 Å². The van der Waals surface area contributed by atoms with Gasteiger partial charge < -0.3 is 15.3 Å². The summed E-state index contributed by atoms with van der Waals surface area (Å²) in [6.07, 6.45) is 3.74. The van der Waals surface area contributed by atoms with Gasteiger partial charge in [-0.05, 0) is 37.8 Å². The van der Waals surface area contributed by atoms with Crippen LogP contribution in [0.15, 0.2) is 18.3 Å². The molecule has 1 aromatic heterocycles. The van der Waals surface area contributed by atoms with Crippen LogP contribution in [-0.4, -0.2) is 40.1 Å². The fourth-order valence-corrected chi connectivity index (χ4v) is 1.76. The molecule has 1 aliphatic carbocycles. The predicted octanol–water partition coefficient (Wildman–Crippen LogP) is 2.04. The molecule has 0 saturated heterocycles. The summed E-state index contributed by atoms with van der Waals surface area (Å²) in [6, 6.07) is 2.74. The van der Waals surface area contributed by atoms with Crippen molar-refractivity contribution in [1.29, 1.82) is 0 Å². The predicted molar refractivity (Wildman–Crippen MR) is 70.2 cm³/mol. The highest BCUT2D eigenvalue weighted by Gasteiger charge is 2.25. The third-order valence-corrected chi connectivity index (χ3v) is 3.08. The zero-order chi connectivity index (χ0) is 13.8. The Morgan fingerprint density at radius 1 is 1.47 bits per heavy atom. The van der Waals surface area contributed by atoms with Crippen LogP contribution in [0.25, 0.3) is 0 Å². The number of pyridine rings is 1. The molecule has 2 N–H and O–H groups in total. The average molecular weight is 263 g/mol. The van der Waals surface area contributed by atoms with E-state index in [0.29, 0.717) is 18.2 Å². The molecule has 1 aromatic rings. The molecule has 1 aliphatic rings. The number of carbonyl (C=O) groups is 2. The van der Waals surface area contributed by atoms with Gasteiger partial charge in [-0.1, -0.05) is 0 Å². The van der Waals surface area contributed by atoms with E-state index in [2.05, 4.69) is 10.3 Å². The molecule has 1 fully saturated rings. The van der Waals surface area contributed by atoms with Crippen LogP contribution in [0.2, 0.25) is 0 Å². The highest BCUT2D eigenvalue weighted by Crippen LogP contribution is 2.29. The summed E-state index contributed by atoms with van der Waals surface area (Å²) in [6.45, 7) is 3.37. The second-order valence-electron chi connectivity index (χ2n) is 4.65. The minimum Gasteiger partial charge on any atom is -0.477 e. The molecule has 1 saturated carbocycles. The summed E-state index contributed by atoms with van der Waals surface area (Å²) in [4.78, 5) is 28.2. The van der Waals surface area contributed by atoms with E-state index in [9.17, 15) is 9.59 Å². The van der Waals surface area contributed by atoms with E-state index >= 15 is 0 Å². The molecular formula is C13H17N3O3. The lowest BCUT2D eigenvalue weighted by Gasteiger charge is -2.21. The molecule has 6 nitrogen and oxygen atoms in total. The van der Waals surface area contributed by atoms with Crippen LogP contribution in [0.4, 0.5) is 10.5 Å². The lowest BCUT2D eigenvalue weighted by molar-refractivity contribution is 0.0690. The summed E-state index contributed by atoms with van der Waals surface area (Å²) in [5.74, 6) is -0.444. The number of aromatic carboxylic acids is 1. The number of aromatic nitrogens is 1. The smallest absolute Gasteiger partial charge is 0.354 e. The summed E-state index contributed by atoms with van der Waals surface area (Å²) < 4.78 is 0. The van der Waals surface area contributed by atoms with Gasteiger partial charge in [0.1, 0.15) is 5.69 Å². The maximum Gasteiger partial charge on any atom is 0.354 e. The molecule has 19 heavy (non-hydrogen) atoms. The summed E-state index contributed by atoms with van der Waals surface area (Å²) in [5, 5.41) is 11.5. The third kappa shape index (κ3) is 3.67. The molecule has 102 valence electrons. The molecule has 2 amide bonds. The van der Waals surface area contributed by atoms with E-state index in [1.807, 2.05) is 6.92 Å². The van der Waals surface area contributed by atoms with E-state index in [0.717, 1.165) is 6.54 Å². The van der Waals surface area contributed by atoms with E-state index in [-0.39, 0.29) is 11.7 Å². The Balaban J connectivity index is 1.94. The Labute approximate surface area is 111 Å². The van der Waals surface area contributed by atoms with Gasteiger partial charge in [0.2, 0.25) is 0 Å². The van der Waals surface area contributed by atoms with Gasteiger partial charge in [0.15, 0.2) is 0 Å². The van der Waals surface area contributed by atoms with E-state index < -0.39 is 5.97 Å². The largest absolute Gasteiger partial charge is 0.477 e. The van der Waals surface area contributed by atoms with Crippen molar-refractivity contribution in [2.24, 2.45) is 5.92 Å². The lowest BCUT2D eigenvalue weighted by Crippen LogP contribution is -2.36. The maximum atomic E-state index is 12.0. The van der Waals surface area contributed by atoms with Crippen molar-refractivity contribution in [2.45, 2.75) is 19.8 Å². The first kappa shape index (κ1) is 13.3. The van der Waals surface area contributed by atoms with Gasteiger partial charge in [-0.25, -0.2) is 14.6 Å². The highest BCUT2D eigenvalue weighted by atomic mass is 16.4. The molecular weight excluding hydrogens is 246 g/mol. The van der Waals surface area contributed by atoms with Crippen LogP contribution < -0.4 is 5.32 Å². The van der Waals surface area contributed by atoms with E-state index in [1.54, 1.807) is 11.0 Å². The fraction of sp³-hybridized carbons (Fsp3) is 0.462. The number of nitrogens with zero attached hydrogens (tertiary/aromatic N) is 2. The normalized spacial score (nSPS) is 13.9. The second-order valence-corrected chi connectivity index (χ2v) is 4.65. The van der Waals surface area contributed by atoms with E-state index in [4.69, 9.17) is 5.11 Å². The highest BCUT2D eigenvalue weighted by molar-refractivity contribution is 5.90. The van der Waals surface area contributed by atoms with Crippen LogP contribution in [0.5, 0.6) is 0 Å². The second kappa shape index (κ2) is 5.69. The van der Waals surface area contributed by atoms with Crippen LogP contribution >= 0.6 is 0 Å². The van der Waals surface area contributed by atoms with Crippen LogP contribution in [0.3, 0.4) is 0 Å². The first-order valence-corrected chi connectivity index (χ1v) is 6.35. The molecule has 0 unspecified atom stereocenters. The Kier molecular flexibility index (Phi) is 3.99. The Morgan fingerprint density at radius 2 is 2.21 bits per heavy atom. The minimum absolute atomic E-state index is 0.0386. The van der Waals surface area contributed by atoms with Crippen molar-refractivity contribution in [3.05, 3.63) is 24.0 Å². The molecule has 2 rings (SSSR count). The molecule has 0 bridgehead atoms. The number of amides is 2. The van der Waals surface area contributed by atoms with Gasteiger partial charge in [0, 0.05) is 13.1 Å². The minimum atomic E-state index is -1.08. The first-order chi connectivity index (χ1) is 9.10. The van der Waals surface area contributed by atoms with Gasteiger partial charge in [-0.2, -0.15) is 0 Å². The van der Waals surface area contributed by atoms with Gasteiger partial charge in [-0.15, -0.1) is 0 Å². The molecule has 0 atom stereocenters. The number of hydrogen-bond donors (Lipinski definition) is 2. The molecule has 0 radical (unpaired) electrons. The van der Waals surface area contributed by atoms with Crippen molar-refractivity contribution in [3.8, 4) is 0 Å². The lowest BCUT2D eigenvalue weighted by atomic mass is 10.3. The summed E-state index contributed by atoms with van der Waals surface area (Å²) >= 11 is 0. The topological polar surface area (TPSA) is 82.5 Å². The number of rotatable bonds is 5. The number of carboxylic acids is 1. The number of anilines is 1. The van der Waals surface area contributed by atoms with Gasteiger partial charge in [0.25, 0.3) is 0 Å². The standard InChI is InChI=1S/C13H17N3O3/c1-2-16(8-9-3-4-9)13(19)15-10-5-6-11(12(17)18)14-7-10/h5-7,9H,2-4,8H2,1H3,(H,15,19)(H,17,18). The monoisotopic (exact) mass is 263 g/mol. The number of nitrogens with one attached hydrogen (secondary N) is 1. The van der Waals surface area contributed by atoms with Crippen molar-refractivity contribution in [2.75, 3.05) is 18.4 Å². The van der Waals surface area contributed by atoms with Crippen molar-refractivity contribution >= 4 is 17.7 Å². The zero-order valence-corrected chi connectivity index (χ0v) is 10.8. The molecule has 0 spiro atoms. The zero-order valence-electron chi connectivity index (χ0n) is 10.8. The maximum absolute atomic E-state index is 12.0. The number of urea groups is 1. The van der Waals surface area contributed by atoms with E-state index in [1.165, 1.54) is 25.1 Å². The first-order valence-electron chi connectivity index (χ1n) is 6.35. The van der Waals surface area contributed by atoms with Crippen LogP contribution in [0, 0.1) is 5.92 Å². The van der Waals surface area contributed by atoms with Crippen molar-refractivity contribution < 1.29 is 14.7 Å². The average Bonchev–Trinajstić information content (AvgIpc) is 3.20. The Hall–Kier alpha value is -2.11. The van der Waals surface area contributed by atoms with Crippen molar-refractivity contribution in [3.63, 3.8) is 0 Å². The number of hydrogen-bond acceptors (Lipinski definition) is 3. The summed E-state index contributed by atoms with van der Waals surface area (Å²) in [5.41, 5.74) is 0.465. The van der Waals surface area contributed by atoms with Crippen molar-refractivity contribution in [1.82, 2.24) is 9.88 Å². The Morgan fingerprint density at radius 3 is 2.68 bits per heavy atom. The molecule has 0 aromatic carbocycles. The Bertz CT molecular complexity index is 469. The molecule has 0 aliphatic heterocycles. The molecule has 6 heteroatoms. The van der Waals surface area contributed by atoms with Gasteiger partial charge in [0.05, 0.1) is 11.9 Å². The van der Waals surface area contributed by atoms with Crippen LogP contribution in [-0.2, 0) is 0 Å². The summed E-state index contributed by atoms with van der Waals surface area (Å²) in [7, 11) is 0. The number of carbonyl (C=O) groups excluding carboxylic acids is 1. The fourth-order valence-electron chi connectivity index (χ4n) is 1.76. The van der Waals surface area contributed by atoms with Crippen LogP contribution in [0.1, 0.15) is 30.3 Å². The SMILES string of the molecule is CCN(CC1CC1)C(=O)Nc1ccc(C(=O)O)nc1. The quantitative estimate of drug-likeness (QED) is 0.851.